The lowest BCUT2D eigenvalue weighted by molar-refractivity contribution is 0.0702. The summed E-state index contributed by atoms with van der Waals surface area (Å²) >= 11 is 8.69. The van der Waals surface area contributed by atoms with E-state index in [9.17, 15) is 4.79 Å². The molecule has 2 nitrogen and oxygen atoms in total. The van der Waals surface area contributed by atoms with Crippen LogP contribution in [0.1, 0.15) is 9.67 Å². The second kappa shape index (κ2) is 3.73. The summed E-state index contributed by atoms with van der Waals surface area (Å²) in [6.45, 7) is 0. The Morgan fingerprint density at radius 1 is 1.36 bits per heavy atom. The predicted octanol–water partition coefficient (Wildman–Crippen LogP) is 3.83. The molecule has 1 N–H and O–H groups in total. The monoisotopic (exact) mass is 244 g/mol. The van der Waals surface area contributed by atoms with Crippen LogP contribution in [-0.2, 0) is 0 Å². The van der Waals surface area contributed by atoms with Crippen LogP contribution in [0.25, 0.3) is 9.75 Å². The summed E-state index contributed by atoms with van der Waals surface area (Å²) < 4.78 is 0. The predicted molar refractivity (Wildman–Crippen MR) is 59.6 cm³/mol. The highest BCUT2D eigenvalue weighted by Gasteiger charge is 2.11. The first-order valence-electron chi connectivity index (χ1n) is 3.75. The molecule has 72 valence electrons. The minimum Gasteiger partial charge on any atom is -0.477 e. The lowest BCUT2D eigenvalue weighted by Crippen LogP contribution is -1.89. The molecule has 0 unspecified atom stereocenters. The molecular weight excluding hydrogens is 240 g/mol. The maximum atomic E-state index is 10.6. The van der Waals surface area contributed by atoms with Gasteiger partial charge < -0.3 is 5.11 Å². The van der Waals surface area contributed by atoms with Crippen molar-refractivity contribution in [1.29, 1.82) is 0 Å². The first-order valence-corrected chi connectivity index (χ1v) is 5.82. The summed E-state index contributed by atoms with van der Waals surface area (Å²) in [5.41, 5.74) is 0. The molecule has 0 radical (unpaired) electrons. The molecule has 0 aliphatic heterocycles. The zero-order valence-corrected chi connectivity index (χ0v) is 9.25. The summed E-state index contributed by atoms with van der Waals surface area (Å²) in [7, 11) is 0. The second-order valence-corrected chi connectivity index (χ2v) is 4.97. The number of halogens is 1. The Bertz CT molecular complexity index is 473. The van der Waals surface area contributed by atoms with Crippen molar-refractivity contribution in [3.8, 4) is 9.75 Å². The maximum Gasteiger partial charge on any atom is 0.345 e. The topological polar surface area (TPSA) is 37.3 Å². The molecule has 0 saturated heterocycles. The molecule has 0 aliphatic carbocycles. The van der Waals surface area contributed by atoms with E-state index in [-0.39, 0.29) is 0 Å². The van der Waals surface area contributed by atoms with Gasteiger partial charge in [-0.1, -0.05) is 11.6 Å². The lowest BCUT2D eigenvalue weighted by Gasteiger charge is -1.90. The number of hydrogen-bond donors (Lipinski definition) is 1. The fourth-order valence-corrected chi connectivity index (χ4v) is 3.25. The molecule has 2 heterocycles. The normalized spacial score (nSPS) is 10.4. The average Bonchev–Trinajstić information content (AvgIpc) is 2.71. The van der Waals surface area contributed by atoms with Gasteiger partial charge in [0.25, 0.3) is 0 Å². The Morgan fingerprint density at radius 2 is 2.14 bits per heavy atom. The molecule has 0 spiro atoms. The van der Waals surface area contributed by atoms with Gasteiger partial charge in [0.15, 0.2) is 0 Å². The first kappa shape index (κ1) is 9.71. The zero-order valence-electron chi connectivity index (χ0n) is 6.86. The summed E-state index contributed by atoms with van der Waals surface area (Å²) in [6, 6.07) is 5.19. The highest BCUT2D eigenvalue weighted by Crippen LogP contribution is 2.37. The Labute approximate surface area is 93.4 Å². The van der Waals surface area contributed by atoms with Gasteiger partial charge in [-0.3, -0.25) is 0 Å². The molecule has 0 bridgehead atoms. The van der Waals surface area contributed by atoms with E-state index in [2.05, 4.69) is 0 Å². The van der Waals surface area contributed by atoms with Gasteiger partial charge >= 0.3 is 5.97 Å². The van der Waals surface area contributed by atoms with Crippen molar-refractivity contribution in [1.82, 2.24) is 0 Å². The summed E-state index contributed by atoms with van der Waals surface area (Å²) in [5, 5.41) is 11.3. The number of thiophene rings is 2. The van der Waals surface area contributed by atoms with Crippen LogP contribution in [0.4, 0.5) is 0 Å². The molecule has 0 amide bonds. The Morgan fingerprint density at radius 3 is 2.64 bits per heavy atom. The van der Waals surface area contributed by atoms with Crippen molar-refractivity contribution in [3.05, 3.63) is 33.5 Å². The summed E-state index contributed by atoms with van der Waals surface area (Å²) in [6.07, 6.45) is 0. The minimum atomic E-state index is -0.895. The molecule has 0 saturated carbocycles. The van der Waals surface area contributed by atoms with Gasteiger partial charge in [-0.15, -0.1) is 22.7 Å². The van der Waals surface area contributed by atoms with Gasteiger partial charge in [0.05, 0.1) is 9.90 Å². The van der Waals surface area contributed by atoms with E-state index in [1.807, 2.05) is 11.4 Å². The lowest BCUT2D eigenvalue weighted by atomic mass is 10.3. The molecular formula is C9H5ClO2S2. The minimum absolute atomic E-state index is 0.337. The highest BCUT2D eigenvalue weighted by molar-refractivity contribution is 7.22. The van der Waals surface area contributed by atoms with Crippen LogP contribution < -0.4 is 0 Å². The summed E-state index contributed by atoms with van der Waals surface area (Å²) in [5.74, 6) is -0.895. The number of carboxylic acid groups (broad SMARTS) is 1. The maximum absolute atomic E-state index is 10.6. The van der Waals surface area contributed by atoms with Gasteiger partial charge in [-0.25, -0.2) is 4.79 Å². The first-order chi connectivity index (χ1) is 6.68. The molecule has 0 aliphatic rings. The van der Waals surface area contributed by atoms with Crippen LogP contribution >= 0.6 is 34.3 Å². The van der Waals surface area contributed by atoms with E-state index in [0.29, 0.717) is 9.90 Å². The molecule has 0 fully saturated rings. The SMILES string of the molecule is O=C(O)c1ccc(-c2sccc2Cl)s1. The number of carboxylic acids is 1. The zero-order chi connectivity index (χ0) is 10.1. The summed E-state index contributed by atoms with van der Waals surface area (Å²) in [4.78, 5) is 12.8. The Balaban J connectivity index is 2.43. The van der Waals surface area contributed by atoms with Gasteiger partial charge in [-0.2, -0.15) is 0 Å². The van der Waals surface area contributed by atoms with Crippen molar-refractivity contribution >= 4 is 40.2 Å². The molecule has 5 heteroatoms. The number of carbonyl (C=O) groups is 1. The molecule has 14 heavy (non-hydrogen) atoms. The van der Waals surface area contributed by atoms with Gasteiger partial charge in [-0.05, 0) is 23.6 Å². The van der Waals surface area contributed by atoms with Gasteiger partial charge in [0.1, 0.15) is 4.88 Å². The van der Waals surface area contributed by atoms with Crippen LogP contribution in [0.5, 0.6) is 0 Å². The van der Waals surface area contributed by atoms with Crippen LogP contribution in [0.3, 0.4) is 0 Å². The van der Waals surface area contributed by atoms with Crippen molar-refractivity contribution in [3.63, 3.8) is 0 Å². The standard InChI is InChI=1S/C9H5ClO2S2/c10-5-3-4-13-8(5)6-1-2-7(14-6)9(11)12/h1-4H,(H,11,12). The number of rotatable bonds is 2. The van der Waals surface area contributed by atoms with Gasteiger partial charge in [0, 0.05) is 4.88 Å². The largest absolute Gasteiger partial charge is 0.477 e. The molecule has 0 atom stereocenters. The van der Waals surface area contributed by atoms with Crippen molar-refractivity contribution in [2.24, 2.45) is 0 Å². The Hall–Kier alpha value is -0.840. The Kier molecular flexibility index (Phi) is 2.58. The van der Waals surface area contributed by atoms with Crippen molar-refractivity contribution < 1.29 is 9.90 Å². The fraction of sp³-hybridized carbons (Fsp3) is 0. The quantitative estimate of drug-likeness (QED) is 0.872. The molecule has 2 rings (SSSR count). The second-order valence-electron chi connectivity index (χ2n) is 2.57. The number of aromatic carboxylic acids is 1. The van der Waals surface area contributed by atoms with Crippen molar-refractivity contribution in [2.45, 2.75) is 0 Å². The van der Waals surface area contributed by atoms with Crippen LogP contribution in [0.15, 0.2) is 23.6 Å². The van der Waals surface area contributed by atoms with E-state index in [1.54, 1.807) is 12.1 Å². The molecule has 0 aromatic carbocycles. The third kappa shape index (κ3) is 1.68. The number of hydrogen-bond acceptors (Lipinski definition) is 3. The van der Waals surface area contributed by atoms with Crippen LogP contribution in [0, 0.1) is 0 Å². The van der Waals surface area contributed by atoms with E-state index in [0.717, 1.165) is 9.75 Å². The van der Waals surface area contributed by atoms with Crippen LogP contribution in [0.2, 0.25) is 5.02 Å². The fourth-order valence-electron chi connectivity index (χ4n) is 1.04. The van der Waals surface area contributed by atoms with E-state index < -0.39 is 5.97 Å². The van der Waals surface area contributed by atoms with E-state index in [1.165, 1.54) is 22.7 Å². The smallest absolute Gasteiger partial charge is 0.345 e. The van der Waals surface area contributed by atoms with Crippen LogP contribution in [-0.4, -0.2) is 11.1 Å². The van der Waals surface area contributed by atoms with E-state index >= 15 is 0 Å². The average molecular weight is 245 g/mol. The third-order valence-corrected chi connectivity index (χ3v) is 4.25. The molecule has 2 aromatic rings. The van der Waals surface area contributed by atoms with Crippen molar-refractivity contribution in [2.75, 3.05) is 0 Å². The third-order valence-electron chi connectivity index (χ3n) is 1.66. The molecule has 2 aromatic heterocycles. The van der Waals surface area contributed by atoms with E-state index in [4.69, 9.17) is 16.7 Å². The van der Waals surface area contributed by atoms with Gasteiger partial charge in [0.2, 0.25) is 0 Å². The highest BCUT2D eigenvalue weighted by atomic mass is 35.5.